The summed E-state index contributed by atoms with van der Waals surface area (Å²) in [6.45, 7) is 0.347. The van der Waals surface area contributed by atoms with Gasteiger partial charge in [0.15, 0.2) is 0 Å². The van der Waals surface area contributed by atoms with Crippen LogP contribution in [0.4, 0.5) is 17.1 Å². The highest BCUT2D eigenvalue weighted by molar-refractivity contribution is 6.06. The summed E-state index contributed by atoms with van der Waals surface area (Å²) < 4.78 is 5.58. The van der Waals surface area contributed by atoms with Crippen LogP contribution in [0.2, 0.25) is 0 Å². The summed E-state index contributed by atoms with van der Waals surface area (Å²) in [5, 5.41) is 2.87. The number of carbonyl (C=O) groups excluding carboxylic acids is 2. The summed E-state index contributed by atoms with van der Waals surface area (Å²) in [5.41, 5.74) is 2.85. The van der Waals surface area contributed by atoms with Gasteiger partial charge in [-0.1, -0.05) is 0 Å². The zero-order valence-electron chi connectivity index (χ0n) is 14.6. The molecule has 130 valence electrons. The maximum Gasteiger partial charge on any atom is 0.255 e. The van der Waals surface area contributed by atoms with Gasteiger partial charge in [-0.3, -0.25) is 9.59 Å². The van der Waals surface area contributed by atoms with Gasteiger partial charge >= 0.3 is 0 Å². The van der Waals surface area contributed by atoms with Crippen LogP contribution in [0, 0.1) is 0 Å². The van der Waals surface area contributed by atoms with Gasteiger partial charge in [-0.25, -0.2) is 0 Å². The van der Waals surface area contributed by atoms with Gasteiger partial charge in [-0.15, -0.1) is 0 Å². The van der Waals surface area contributed by atoms with E-state index in [4.69, 9.17) is 4.74 Å². The lowest BCUT2D eigenvalue weighted by atomic mass is 10.1. The second-order valence-corrected chi connectivity index (χ2v) is 6.13. The number of nitrogens with one attached hydrogen (secondary N) is 1. The van der Waals surface area contributed by atoms with Crippen LogP contribution in [0.1, 0.15) is 16.8 Å². The molecular weight excluding hydrogens is 318 g/mol. The standard InChI is InChI=1S/C19H21N3O3/c1-21(2)15-7-5-14(6-8-15)20-19(24)13-4-9-17-16(12-13)22(3)18(23)10-11-25-17/h4-9,12H,10-11H2,1-3H3,(H,20,24). The zero-order valence-corrected chi connectivity index (χ0v) is 14.6. The van der Waals surface area contributed by atoms with Gasteiger partial charge in [-0.2, -0.15) is 0 Å². The Morgan fingerprint density at radius 1 is 1.16 bits per heavy atom. The number of ether oxygens (including phenoxy) is 1. The lowest BCUT2D eigenvalue weighted by molar-refractivity contribution is -0.118. The highest BCUT2D eigenvalue weighted by Crippen LogP contribution is 2.31. The van der Waals surface area contributed by atoms with Crippen molar-refractivity contribution in [2.75, 3.05) is 42.9 Å². The Bertz CT molecular complexity index is 800. The maximum atomic E-state index is 12.5. The lowest BCUT2D eigenvalue weighted by Gasteiger charge is -2.17. The minimum atomic E-state index is -0.231. The first-order chi connectivity index (χ1) is 12.0. The fraction of sp³-hybridized carbons (Fsp3) is 0.263. The molecule has 0 aliphatic carbocycles. The molecule has 25 heavy (non-hydrogen) atoms. The van der Waals surface area contributed by atoms with E-state index in [1.54, 1.807) is 25.2 Å². The molecule has 0 atom stereocenters. The largest absolute Gasteiger partial charge is 0.491 e. The predicted molar refractivity (Wildman–Crippen MR) is 98.7 cm³/mol. The van der Waals surface area contributed by atoms with Crippen LogP contribution in [0.3, 0.4) is 0 Å². The third kappa shape index (κ3) is 3.57. The Morgan fingerprint density at radius 3 is 2.56 bits per heavy atom. The van der Waals surface area contributed by atoms with E-state index in [9.17, 15) is 9.59 Å². The van der Waals surface area contributed by atoms with Crippen molar-refractivity contribution in [3.8, 4) is 5.75 Å². The van der Waals surface area contributed by atoms with Crippen LogP contribution in [-0.2, 0) is 4.79 Å². The van der Waals surface area contributed by atoms with E-state index in [2.05, 4.69) is 5.32 Å². The monoisotopic (exact) mass is 339 g/mol. The molecule has 1 aliphatic rings. The Kier molecular flexibility index (Phi) is 4.61. The van der Waals surface area contributed by atoms with Crippen molar-refractivity contribution >= 4 is 28.9 Å². The Morgan fingerprint density at radius 2 is 1.88 bits per heavy atom. The number of nitrogens with zero attached hydrogens (tertiary/aromatic N) is 2. The molecule has 2 amide bonds. The van der Waals surface area contributed by atoms with E-state index in [1.807, 2.05) is 43.3 Å². The van der Waals surface area contributed by atoms with Crippen LogP contribution < -0.4 is 19.9 Å². The average molecular weight is 339 g/mol. The first-order valence-corrected chi connectivity index (χ1v) is 8.08. The molecule has 0 radical (unpaired) electrons. The van der Waals surface area contributed by atoms with Crippen LogP contribution in [-0.4, -0.2) is 39.6 Å². The fourth-order valence-electron chi connectivity index (χ4n) is 2.64. The van der Waals surface area contributed by atoms with Gasteiger partial charge in [-0.05, 0) is 42.5 Å². The number of rotatable bonds is 3. The van der Waals surface area contributed by atoms with Gasteiger partial charge in [0.05, 0.1) is 18.7 Å². The van der Waals surface area contributed by atoms with Crippen molar-refractivity contribution in [2.45, 2.75) is 6.42 Å². The minimum Gasteiger partial charge on any atom is -0.491 e. The van der Waals surface area contributed by atoms with E-state index >= 15 is 0 Å². The highest BCUT2D eigenvalue weighted by atomic mass is 16.5. The molecule has 0 unspecified atom stereocenters. The van der Waals surface area contributed by atoms with Gasteiger partial charge in [0, 0.05) is 38.1 Å². The van der Waals surface area contributed by atoms with Crippen LogP contribution in [0.25, 0.3) is 0 Å². The van der Waals surface area contributed by atoms with Crippen molar-refractivity contribution in [2.24, 2.45) is 0 Å². The summed E-state index contributed by atoms with van der Waals surface area (Å²) in [6, 6.07) is 12.7. The predicted octanol–water partition coefficient (Wildman–Crippen LogP) is 2.75. The number of benzene rings is 2. The van der Waals surface area contributed by atoms with E-state index in [0.717, 1.165) is 5.69 Å². The van der Waals surface area contributed by atoms with E-state index in [1.165, 1.54) is 4.90 Å². The fourth-order valence-corrected chi connectivity index (χ4v) is 2.64. The van der Waals surface area contributed by atoms with Crippen molar-refractivity contribution < 1.29 is 14.3 Å². The second-order valence-electron chi connectivity index (χ2n) is 6.13. The molecule has 6 nitrogen and oxygen atoms in total. The highest BCUT2D eigenvalue weighted by Gasteiger charge is 2.21. The average Bonchev–Trinajstić information content (AvgIpc) is 2.74. The molecular formula is C19H21N3O3. The number of anilines is 3. The van der Waals surface area contributed by atoms with Crippen LogP contribution >= 0.6 is 0 Å². The normalized spacial score (nSPS) is 13.6. The molecule has 1 N–H and O–H groups in total. The molecule has 1 aliphatic heterocycles. The minimum absolute atomic E-state index is 0.0319. The molecule has 0 saturated carbocycles. The number of fused-ring (bicyclic) bond motifs is 1. The molecule has 0 bridgehead atoms. The summed E-state index contributed by atoms with van der Waals surface area (Å²) in [7, 11) is 5.61. The van der Waals surface area contributed by atoms with Crippen molar-refractivity contribution in [1.29, 1.82) is 0 Å². The number of hydrogen-bond acceptors (Lipinski definition) is 4. The topological polar surface area (TPSA) is 61.9 Å². The van der Waals surface area contributed by atoms with Gasteiger partial charge in [0.2, 0.25) is 5.91 Å². The third-order valence-electron chi connectivity index (χ3n) is 4.17. The summed E-state index contributed by atoms with van der Waals surface area (Å²) >= 11 is 0. The van der Waals surface area contributed by atoms with E-state index in [-0.39, 0.29) is 11.8 Å². The van der Waals surface area contributed by atoms with Crippen molar-refractivity contribution in [3.63, 3.8) is 0 Å². The molecule has 0 aromatic heterocycles. The molecule has 6 heteroatoms. The van der Waals surface area contributed by atoms with Crippen molar-refractivity contribution in [1.82, 2.24) is 0 Å². The third-order valence-corrected chi connectivity index (χ3v) is 4.17. The number of amides is 2. The van der Waals surface area contributed by atoms with E-state index in [0.29, 0.717) is 35.7 Å². The van der Waals surface area contributed by atoms with Gasteiger partial charge < -0.3 is 19.9 Å². The summed E-state index contributed by atoms with van der Waals surface area (Å²) in [6.07, 6.45) is 0.324. The Balaban J connectivity index is 1.81. The van der Waals surface area contributed by atoms with Gasteiger partial charge in [0.25, 0.3) is 5.91 Å². The van der Waals surface area contributed by atoms with Crippen molar-refractivity contribution in [3.05, 3.63) is 48.0 Å². The molecule has 3 rings (SSSR count). The van der Waals surface area contributed by atoms with Crippen LogP contribution in [0.5, 0.6) is 5.75 Å². The zero-order chi connectivity index (χ0) is 18.0. The maximum absolute atomic E-state index is 12.5. The Labute approximate surface area is 147 Å². The first-order valence-electron chi connectivity index (χ1n) is 8.08. The molecule has 0 fully saturated rings. The molecule has 2 aromatic rings. The number of hydrogen-bond donors (Lipinski definition) is 1. The number of carbonyl (C=O) groups is 2. The molecule has 2 aromatic carbocycles. The van der Waals surface area contributed by atoms with Gasteiger partial charge in [0.1, 0.15) is 5.75 Å². The second kappa shape index (κ2) is 6.84. The van der Waals surface area contributed by atoms with Crippen LogP contribution in [0.15, 0.2) is 42.5 Å². The molecule has 0 spiro atoms. The van der Waals surface area contributed by atoms with E-state index < -0.39 is 0 Å². The first kappa shape index (κ1) is 16.8. The molecule has 0 saturated heterocycles. The molecule has 1 heterocycles. The summed E-state index contributed by atoms with van der Waals surface area (Å²) in [4.78, 5) is 28.0. The Hall–Kier alpha value is -3.02. The summed E-state index contributed by atoms with van der Waals surface area (Å²) in [5.74, 6) is 0.348. The SMILES string of the molecule is CN(C)c1ccc(NC(=O)c2ccc3c(c2)N(C)C(=O)CCO3)cc1. The smallest absolute Gasteiger partial charge is 0.255 e. The lowest BCUT2D eigenvalue weighted by Crippen LogP contribution is -2.25. The quantitative estimate of drug-likeness (QED) is 0.934.